The van der Waals surface area contributed by atoms with Crippen molar-refractivity contribution < 1.29 is 14.3 Å². The van der Waals surface area contributed by atoms with Gasteiger partial charge in [0.05, 0.1) is 19.3 Å². The van der Waals surface area contributed by atoms with E-state index in [1.807, 2.05) is 36.4 Å². The molecule has 1 aliphatic carbocycles. The molecule has 6 nitrogen and oxygen atoms in total. The molecule has 7 heteroatoms. The van der Waals surface area contributed by atoms with E-state index in [9.17, 15) is 4.79 Å². The van der Waals surface area contributed by atoms with Gasteiger partial charge in [-0.1, -0.05) is 31.4 Å². The van der Waals surface area contributed by atoms with Crippen LogP contribution in [0.5, 0.6) is 11.5 Å². The smallest absolute Gasteiger partial charge is 0.276 e. The van der Waals surface area contributed by atoms with E-state index in [1.54, 1.807) is 18.7 Å². The number of methoxy groups -OCH3 is 1. The van der Waals surface area contributed by atoms with Crippen molar-refractivity contribution in [2.45, 2.75) is 32.1 Å². The molecule has 0 bridgehead atoms. The number of ether oxygens (including phenoxy) is 2. The highest BCUT2D eigenvalue weighted by Crippen LogP contribution is 2.32. The molecule has 1 fully saturated rings. The van der Waals surface area contributed by atoms with Crippen molar-refractivity contribution in [3.8, 4) is 22.1 Å². The van der Waals surface area contributed by atoms with Gasteiger partial charge >= 0.3 is 0 Å². The Kier molecular flexibility index (Phi) is 6.59. The third-order valence-corrected chi connectivity index (χ3v) is 6.15. The van der Waals surface area contributed by atoms with Gasteiger partial charge in [0.1, 0.15) is 16.5 Å². The molecule has 2 heterocycles. The van der Waals surface area contributed by atoms with Crippen LogP contribution in [-0.4, -0.2) is 29.6 Å². The first kappa shape index (κ1) is 20.3. The van der Waals surface area contributed by atoms with E-state index in [1.165, 1.54) is 43.4 Å². The summed E-state index contributed by atoms with van der Waals surface area (Å²) in [6.07, 6.45) is 7.89. The lowest BCUT2D eigenvalue weighted by molar-refractivity contribution is 0.102. The van der Waals surface area contributed by atoms with Crippen LogP contribution >= 0.6 is 11.3 Å². The van der Waals surface area contributed by atoms with Crippen LogP contribution < -0.4 is 14.8 Å². The van der Waals surface area contributed by atoms with Crippen LogP contribution in [0.4, 0.5) is 5.82 Å². The predicted octanol–water partition coefficient (Wildman–Crippen LogP) is 5.43. The molecule has 0 saturated heterocycles. The van der Waals surface area contributed by atoms with Crippen molar-refractivity contribution >= 4 is 23.1 Å². The molecule has 1 saturated carbocycles. The standard InChI is InChI=1S/C23H25N3O3S/c1-28-19-11-6-5-10-17(19)23-25-18(15-30-23)22(27)26-21-20(12-7-13-24-21)29-14-16-8-3-2-4-9-16/h5-7,10-13,15-16H,2-4,8-9,14H2,1H3,(H,24,26,27). The average Bonchev–Trinajstić information content (AvgIpc) is 3.29. The van der Waals surface area contributed by atoms with E-state index in [4.69, 9.17) is 9.47 Å². The van der Waals surface area contributed by atoms with Crippen LogP contribution in [0.2, 0.25) is 0 Å². The minimum atomic E-state index is -0.311. The number of nitrogens with zero attached hydrogens (tertiary/aromatic N) is 2. The summed E-state index contributed by atoms with van der Waals surface area (Å²) >= 11 is 1.40. The summed E-state index contributed by atoms with van der Waals surface area (Å²) < 4.78 is 11.4. The fourth-order valence-electron chi connectivity index (χ4n) is 3.66. The number of amides is 1. The zero-order valence-electron chi connectivity index (χ0n) is 17.0. The van der Waals surface area contributed by atoms with Crippen LogP contribution in [0.3, 0.4) is 0 Å². The summed E-state index contributed by atoms with van der Waals surface area (Å²) in [4.78, 5) is 21.6. The van der Waals surface area contributed by atoms with E-state index in [2.05, 4.69) is 15.3 Å². The second kappa shape index (κ2) is 9.71. The van der Waals surface area contributed by atoms with Gasteiger partial charge in [0.15, 0.2) is 11.6 Å². The summed E-state index contributed by atoms with van der Waals surface area (Å²) in [5, 5.41) is 5.31. The summed E-state index contributed by atoms with van der Waals surface area (Å²) in [6, 6.07) is 11.3. The van der Waals surface area contributed by atoms with Crippen molar-refractivity contribution in [2.75, 3.05) is 19.0 Å². The molecule has 0 atom stereocenters. The molecular weight excluding hydrogens is 398 g/mol. The van der Waals surface area contributed by atoms with Crippen molar-refractivity contribution in [3.05, 3.63) is 53.7 Å². The maximum atomic E-state index is 12.8. The Morgan fingerprint density at radius 1 is 1.13 bits per heavy atom. The Labute approximate surface area is 180 Å². The number of para-hydroxylation sites is 1. The Bertz CT molecular complexity index is 999. The third kappa shape index (κ3) is 4.79. The van der Waals surface area contributed by atoms with Gasteiger partial charge in [0.2, 0.25) is 0 Å². The number of hydrogen-bond acceptors (Lipinski definition) is 6. The summed E-state index contributed by atoms with van der Waals surface area (Å²) in [6.45, 7) is 0.656. The molecule has 1 aromatic carbocycles. The largest absolute Gasteiger partial charge is 0.496 e. The van der Waals surface area contributed by atoms with Gasteiger partial charge in [-0.05, 0) is 43.0 Å². The number of carbonyl (C=O) groups excluding carboxylic acids is 1. The van der Waals surface area contributed by atoms with Gasteiger partial charge in [0, 0.05) is 11.6 Å². The Morgan fingerprint density at radius 2 is 1.93 bits per heavy atom. The topological polar surface area (TPSA) is 73.3 Å². The molecule has 0 aliphatic heterocycles. The first-order valence-electron chi connectivity index (χ1n) is 10.2. The highest BCUT2D eigenvalue weighted by atomic mass is 32.1. The fourth-order valence-corrected chi connectivity index (χ4v) is 4.49. The van der Waals surface area contributed by atoms with E-state index in [0.717, 1.165) is 16.3 Å². The monoisotopic (exact) mass is 423 g/mol. The van der Waals surface area contributed by atoms with Crippen molar-refractivity contribution in [1.82, 2.24) is 9.97 Å². The minimum Gasteiger partial charge on any atom is -0.496 e. The molecule has 2 aromatic heterocycles. The third-order valence-electron chi connectivity index (χ3n) is 5.28. The van der Waals surface area contributed by atoms with Gasteiger partial charge in [-0.2, -0.15) is 0 Å². The average molecular weight is 424 g/mol. The SMILES string of the molecule is COc1ccccc1-c1nc(C(=O)Nc2ncccc2OCC2CCCCC2)cs1. The van der Waals surface area contributed by atoms with Crippen LogP contribution in [0, 0.1) is 5.92 Å². The Hall–Kier alpha value is -2.93. The van der Waals surface area contributed by atoms with Gasteiger partial charge in [0.25, 0.3) is 5.91 Å². The summed E-state index contributed by atoms with van der Waals surface area (Å²) in [5.41, 5.74) is 1.20. The predicted molar refractivity (Wildman–Crippen MR) is 118 cm³/mol. The second-order valence-corrected chi connectivity index (χ2v) is 8.22. The number of carbonyl (C=O) groups is 1. The molecule has 30 heavy (non-hydrogen) atoms. The zero-order valence-corrected chi connectivity index (χ0v) is 17.8. The fraction of sp³-hybridized carbons (Fsp3) is 0.348. The molecular formula is C23H25N3O3S. The number of hydrogen-bond donors (Lipinski definition) is 1. The van der Waals surface area contributed by atoms with Crippen LogP contribution in [0.15, 0.2) is 48.0 Å². The number of rotatable bonds is 7. The van der Waals surface area contributed by atoms with Crippen LogP contribution in [-0.2, 0) is 0 Å². The molecule has 156 valence electrons. The molecule has 1 aliphatic rings. The Morgan fingerprint density at radius 3 is 2.77 bits per heavy atom. The van der Waals surface area contributed by atoms with Crippen LogP contribution in [0.1, 0.15) is 42.6 Å². The van der Waals surface area contributed by atoms with E-state index >= 15 is 0 Å². The van der Waals surface area contributed by atoms with Gasteiger partial charge < -0.3 is 14.8 Å². The van der Waals surface area contributed by atoms with Gasteiger partial charge in [-0.3, -0.25) is 4.79 Å². The number of aromatic nitrogens is 2. The Balaban J connectivity index is 1.45. The first-order valence-corrected chi connectivity index (χ1v) is 11.1. The molecule has 0 radical (unpaired) electrons. The van der Waals surface area contributed by atoms with Gasteiger partial charge in [-0.25, -0.2) is 9.97 Å². The molecule has 3 aromatic rings. The molecule has 1 N–H and O–H groups in total. The van der Waals surface area contributed by atoms with E-state index in [0.29, 0.717) is 29.8 Å². The van der Waals surface area contributed by atoms with Crippen molar-refractivity contribution in [2.24, 2.45) is 5.92 Å². The summed E-state index contributed by atoms with van der Waals surface area (Å²) in [7, 11) is 1.62. The lowest BCUT2D eigenvalue weighted by Gasteiger charge is -2.22. The number of pyridine rings is 1. The van der Waals surface area contributed by atoms with Crippen molar-refractivity contribution in [3.63, 3.8) is 0 Å². The molecule has 1 amide bonds. The maximum absolute atomic E-state index is 12.8. The maximum Gasteiger partial charge on any atom is 0.276 e. The number of benzene rings is 1. The van der Waals surface area contributed by atoms with Crippen molar-refractivity contribution in [1.29, 1.82) is 0 Å². The normalized spacial score (nSPS) is 14.3. The van der Waals surface area contributed by atoms with E-state index in [-0.39, 0.29) is 5.91 Å². The highest BCUT2D eigenvalue weighted by molar-refractivity contribution is 7.13. The quantitative estimate of drug-likeness (QED) is 0.549. The number of thiazole rings is 1. The van der Waals surface area contributed by atoms with E-state index < -0.39 is 0 Å². The summed E-state index contributed by atoms with van der Waals surface area (Å²) in [5.74, 6) is 2.00. The highest BCUT2D eigenvalue weighted by Gasteiger charge is 2.18. The van der Waals surface area contributed by atoms with Crippen LogP contribution in [0.25, 0.3) is 10.6 Å². The molecule has 0 spiro atoms. The second-order valence-electron chi connectivity index (χ2n) is 7.36. The molecule has 4 rings (SSSR count). The number of anilines is 1. The molecule has 0 unspecified atom stereocenters. The number of nitrogens with one attached hydrogen (secondary N) is 1. The lowest BCUT2D eigenvalue weighted by atomic mass is 9.90. The zero-order chi connectivity index (χ0) is 20.8. The first-order chi connectivity index (χ1) is 14.7. The van der Waals surface area contributed by atoms with Gasteiger partial charge in [-0.15, -0.1) is 11.3 Å². The minimum absolute atomic E-state index is 0.311. The lowest BCUT2D eigenvalue weighted by Crippen LogP contribution is -2.18.